The fourth-order valence-electron chi connectivity index (χ4n) is 5.80. The van der Waals surface area contributed by atoms with Gasteiger partial charge in [0.1, 0.15) is 34.3 Å². The van der Waals surface area contributed by atoms with E-state index in [1.807, 2.05) is 0 Å². The minimum Gasteiger partial charge on any atom is -0.508 e. The molecule has 0 spiro atoms. The fraction of sp³-hybridized carbons (Fsp3) is 0.312. The highest BCUT2D eigenvalue weighted by molar-refractivity contribution is 6.04. The maximum absolute atomic E-state index is 16.7. The Labute approximate surface area is 246 Å². The number of amides is 1. The van der Waals surface area contributed by atoms with Gasteiger partial charge in [0.2, 0.25) is 5.91 Å². The Hall–Kier alpha value is -5.00. The van der Waals surface area contributed by atoms with Crippen molar-refractivity contribution in [1.82, 2.24) is 25.2 Å². The zero-order valence-electron chi connectivity index (χ0n) is 23.8. The molecule has 2 atom stereocenters. The number of pyridine rings is 1. The summed E-state index contributed by atoms with van der Waals surface area (Å²) in [6, 6.07) is 5.80. The second kappa shape index (κ2) is 11.0. The lowest BCUT2D eigenvalue weighted by Gasteiger charge is -2.34. The van der Waals surface area contributed by atoms with Crippen molar-refractivity contribution in [2.75, 3.05) is 38.7 Å². The molecule has 1 amide bonds. The van der Waals surface area contributed by atoms with E-state index in [1.54, 1.807) is 7.05 Å². The van der Waals surface area contributed by atoms with Gasteiger partial charge in [-0.25, -0.2) is 13.8 Å². The zero-order valence-corrected chi connectivity index (χ0v) is 23.8. The zero-order chi connectivity index (χ0) is 30.4. The van der Waals surface area contributed by atoms with Gasteiger partial charge in [0.15, 0.2) is 5.82 Å². The Bertz CT molecular complexity index is 1900. The number of nitrogens with one attached hydrogen (secondary N) is 1. The van der Waals surface area contributed by atoms with E-state index in [9.17, 15) is 14.3 Å². The van der Waals surface area contributed by atoms with Gasteiger partial charge >= 0.3 is 6.01 Å². The molecule has 9 nitrogen and oxygen atoms in total. The van der Waals surface area contributed by atoms with Crippen LogP contribution >= 0.6 is 0 Å². The molecule has 2 unspecified atom stereocenters. The van der Waals surface area contributed by atoms with Crippen LogP contribution in [-0.4, -0.2) is 76.7 Å². The molecule has 4 heterocycles. The number of benzene rings is 2. The van der Waals surface area contributed by atoms with Crippen LogP contribution in [0.2, 0.25) is 0 Å². The van der Waals surface area contributed by atoms with Gasteiger partial charge in [0.05, 0.1) is 24.6 Å². The summed E-state index contributed by atoms with van der Waals surface area (Å²) >= 11 is 0. The van der Waals surface area contributed by atoms with E-state index >= 15 is 4.39 Å². The number of hydrogen-bond donors (Lipinski definition) is 2. The predicted molar refractivity (Wildman–Crippen MR) is 159 cm³/mol. The third-order valence-electron chi connectivity index (χ3n) is 7.96. The number of fused-ring (bicyclic) bond motifs is 4. The van der Waals surface area contributed by atoms with E-state index in [0.717, 1.165) is 12.8 Å². The lowest BCUT2D eigenvalue weighted by Crippen LogP contribution is -2.51. The van der Waals surface area contributed by atoms with Gasteiger partial charge in [0.25, 0.3) is 0 Å². The summed E-state index contributed by atoms with van der Waals surface area (Å²) < 4.78 is 37.0. The van der Waals surface area contributed by atoms with Crippen molar-refractivity contribution in [2.45, 2.75) is 31.8 Å². The van der Waals surface area contributed by atoms with Crippen LogP contribution in [0.3, 0.4) is 0 Å². The van der Waals surface area contributed by atoms with Crippen LogP contribution in [0.5, 0.6) is 11.8 Å². The Morgan fingerprint density at radius 3 is 2.60 bits per heavy atom. The summed E-state index contributed by atoms with van der Waals surface area (Å²) in [7, 11) is 3.01. The van der Waals surface area contributed by atoms with Crippen LogP contribution in [-0.2, 0) is 4.79 Å². The maximum Gasteiger partial charge on any atom is 0.318 e. The Balaban J connectivity index is 1.67. The molecule has 6 rings (SSSR count). The lowest BCUT2D eigenvalue weighted by atomic mass is 9.95. The van der Waals surface area contributed by atoms with E-state index in [4.69, 9.17) is 11.2 Å². The third-order valence-corrected chi connectivity index (χ3v) is 7.96. The largest absolute Gasteiger partial charge is 0.508 e. The normalized spacial score (nSPS) is 17.4. The molecular formula is C32H28F2N6O3. The lowest BCUT2D eigenvalue weighted by molar-refractivity contribution is -0.126. The number of piperazine rings is 1. The molecular weight excluding hydrogens is 554 g/mol. The molecule has 11 heteroatoms. The van der Waals surface area contributed by atoms with Gasteiger partial charge in [-0.05, 0) is 42.3 Å². The first-order valence-corrected chi connectivity index (χ1v) is 13.8. The summed E-state index contributed by atoms with van der Waals surface area (Å²) in [6.45, 7) is 2.79. The monoisotopic (exact) mass is 582 g/mol. The standard InChI is InChI=1S/C32H28F2N6O3/c1-5-22-24(33)11-8-18-13-21(42)14-23(26(18)22)29-28(34)30-27(25(36-29)7-6-12-39(3)17(2)41)31(38-32(37-30)43-4)40-15-19-9-10-20(16-40)35-19/h1,8,11,13-14,19-20,35,42H,9-10,12,15-16H2,2-4H3. The molecule has 2 aliphatic heterocycles. The first-order valence-electron chi connectivity index (χ1n) is 13.8. The molecule has 2 bridgehead atoms. The number of nitrogens with zero attached hydrogens (tertiary/aromatic N) is 5. The van der Waals surface area contributed by atoms with Crippen molar-refractivity contribution in [3.63, 3.8) is 0 Å². The van der Waals surface area contributed by atoms with Crippen molar-refractivity contribution >= 4 is 33.4 Å². The summed E-state index contributed by atoms with van der Waals surface area (Å²) in [5.74, 6) is 6.87. The second-order valence-electron chi connectivity index (χ2n) is 10.8. The highest BCUT2D eigenvalue weighted by atomic mass is 19.1. The third kappa shape index (κ3) is 5.02. The number of ether oxygens (including phenoxy) is 1. The number of aromatic nitrogens is 3. The number of halogens is 2. The van der Waals surface area contributed by atoms with Crippen molar-refractivity contribution in [3.8, 4) is 47.2 Å². The summed E-state index contributed by atoms with van der Waals surface area (Å²) in [6.07, 6.45) is 7.71. The Morgan fingerprint density at radius 2 is 1.93 bits per heavy atom. The van der Waals surface area contributed by atoms with E-state index in [2.05, 4.69) is 42.9 Å². The summed E-state index contributed by atoms with van der Waals surface area (Å²) in [5, 5.41) is 15.0. The van der Waals surface area contributed by atoms with Gasteiger partial charge in [-0.3, -0.25) is 4.79 Å². The van der Waals surface area contributed by atoms with Crippen LogP contribution in [0.25, 0.3) is 32.9 Å². The minimum atomic E-state index is -0.833. The van der Waals surface area contributed by atoms with Crippen LogP contribution in [0.15, 0.2) is 24.3 Å². The highest BCUT2D eigenvalue weighted by Crippen LogP contribution is 2.40. The van der Waals surface area contributed by atoms with E-state index in [0.29, 0.717) is 24.3 Å². The number of rotatable bonds is 4. The van der Waals surface area contributed by atoms with Crippen molar-refractivity contribution in [1.29, 1.82) is 0 Å². The van der Waals surface area contributed by atoms with Crippen molar-refractivity contribution in [3.05, 3.63) is 47.2 Å². The quantitative estimate of drug-likeness (QED) is 0.352. The molecule has 43 heavy (non-hydrogen) atoms. The molecule has 2 fully saturated rings. The average molecular weight is 583 g/mol. The summed E-state index contributed by atoms with van der Waals surface area (Å²) in [4.78, 5) is 29.0. The molecule has 2 aromatic heterocycles. The number of terminal acetylenes is 1. The van der Waals surface area contributed by atoms with Gasteiger partial charge in [-0.1, -0.05) is 17.9 Å². The van der Waals surface area contributed by atoms with Crippen LogP contribution in [0.1, 0.15) is 31.0 Å². The first kappa shape index (κ1) is 28.1. The number of carbonyl (C=O) groups is 1. The number of aromatic hydroxyl groups is 1. The SMILES string of the molecule is C#Cc1c(F)ccc2cc(O)cc(-c3nc(C#CCN(C)C(C)=O)c4c(N5CC6CCC(C5)N6)nc(OC)nc4c3F)c12. The van der Waals surface area contributed by atoms with Gasteiger partial charge < -0.3 is 25.0 Å². The molecule has 2 N–H and O–H groups in total. The highest BCUT2D eigenvalue weighted by Gasteiger charge is 2.35. The molecule has 2 saturated heterocycles. The fourth-order valence-corrected chi connectivity index (χ4v) is 5.80. The summed E-state index contributed by atoms with van der Waals surface area (Å²) in [5.41, 5.74) is -0.196. The van der Waals surface area contributed by atoms with Crippen LogP contribution < -0.4 is 15.0 Å². The molecule has 218 valence electrons. The van der Waals surface area contributed by atoms with Crippen molar-refractivity contribution < 1.29 is 23.4 Å². The maximum atomic E-state index is 16.7. The van der Waals surface area contributed by atoms with Gasteiger partial charge in [-0.2, -0.15) is 9.97 Å². The predicted octanol–water partition coefficient (Wildman–Crippen LogP) is 3.59. The van der Waals surface area contributed by atoms with E-state index in [1.165, 1.54) is 43.2 Å². The van der Waals surface area contributed by atoms with E-state index in [-0.39, 0.29) is 75.1 Å². The Morgan fingerprint density at radius 1 is 1.19 bits per heavy atom. The molecule has 0 radical (unpaired) electrons. The Kier molecular flexibility index (Phi) is 7.20. The number of phenolic OH excluding ortho intramolecular Hbond substituents is 1. The number of anilines is 1. The van der Waals surface area contributed by atoms with Gasteiger partial charge in [0, 0.05) is 50.1 Å². The smallest absolute Gasteiger partial charge is 0.318 e. The van der Waals surface area contributed by atoms with Gasteiger partial charge in [-0.15, -0.1) is 6.42 Å². The van der Waals surface area contributed by atoms with Crippen LogP contribution in [0, 0.1) is 35.8 Å². The molecule has 4 aromatic rings. The molecule has 2 aromatic carbocycles. The number of phenols is 1. The average Bonchev–Trinajstić information content (AvgIpc) is 3.34. The van der Waals surface area contributed by atoms with E-state index < -0.39 is 11.6 Å². The molecule has 2 aliphatic rings. The molecule has 0 saturated carbocycles. The topological polar surface area (TPSA) is 104 Å². The van der Waals surface area contributed by atoms with Crippen molar-refractivity contribution in [2.24, 2.45) is 0 Å². The number of hydrogen-bond acceptors (Lipinski definition) is 8. The number of carbonyl (C=O) groups excluding carboxylic acids is 1. The molecule has 0 aliphatic carbocycles. The first-order chi connectivity index (χ1) is 20.7. The minimum absolute atomic E-state index is 0.0456. The second-order valence-corrected chi connectivity index (χ2v) is 10.8. The number of methoxy groups -OCH3 is 1. The van der Waals surface area contributed by atoms with Crippen LogP contribution in [0.4, 0.5) is 14.6 Å².